The van der Waals surface area contributed by atoms with Crippen molar-refractivity contribution in [1.29, 1.82) is 0 Å². The van der Waals surface area contributed by atoms with E-state index in [9.17, 15) is 23.1 Å². The molecule has 1 aromatic carbocycles. The molecule has 104 valence electrons. The summed E-state index contributed by atoms with van der Waals surface area (Å²) in [5.41, 5.74) is -0.130. The molecule has 1 saturated carbocycles. The van der Waals surface area contributed by atoms with Crippen LogP contribution >= 0.6 is 0 Å². The summed E-state index contributed by atoms with van der Waals surface area (Å²) in [5, 5.41) is 9.39. The number of hydrogen-bond acceptors (Lipinski definition) is 1. The normalized spacial score (nSPS) is 18.5. The number of carboxylic acids is 1. The smallest absolute Gasteiger partial charge is 0.393 e. The zero-order chi connectivity index (χ0) is 14.1. The number of aliphatic carboxylic acids is 1. The maximum absolute atomic E-state index is 12.3. The predicted molar refractivity (Wildman–Crippen MR) is 64.0 cm³/mol. The van der Waals surface area contributed by atoms with Gasteiger partial charge in [0.15, 0.2) is 0 Å². The molecule has 5 heteroatoms. The molecule has 0 spiro atoms. The Kier molecular flexibility index (Phi) is 3.56. The second-order valence-corrected chi connectivity index (χ2v) is 5.08. The molecule has 1 fully saturated rings. The molecule has 2 nitrogen and oxygen atoms in total. The average Bonchev–Trinajstić information content (AvgIpc) is 2.78. The summed E-state index contributed by atoms with van der Waals surface area (Å²) in [6.07, 6.45) is -2.41. The molecule has 0 aromatic heterocycles. The van der Waals surface area contributed by atoms with Crippen LogP contribution in [-0.2, 0) is 16.6 Å². The van der Waals surface area contributed by atoms with Crippen molar-refractivity contribution in [1.82, 2.24) is 0 Å². The number of benzene rings is 1. The van der Waals surface area contributed by atoms with Gasteiger partial charge in [0.05, 0.1) is 11.8 Å². The molecular formula is C14H15F3O2. The number of rotatable bonds is 3. The van der Waals surface area contributed by atoms with Crippen LogP contribution in [0.1, 0.15) is 36.8 Å². The summed E-state index contributed by atoms with van der Waals surface area (Å²) in [4.78, 5) is 11.5. The highest BCUT2D eigenvalue weighted by Crippen LogP contribution is 2.41. The van der Waals surface area contributed by atoms with Crippen molar-refractivity contribution >= 4 is 5.97 Å². The molecule has 0 bridgehead atoms. The van der Waals surface area contributed by atoms with E-state index in [2.05, 4.69) is 0 Å². The Morgan fingerprint density at radius 2 is 1.68 bits per heavy atom. The van der Waals surface area contributed by atoms with Crippen LogP contribution in [0.5, 0.6) is 0 Å². The lowest BCUT2D eigenvalue weighted by molar-refractivity contribution is -0.143. The van der Waals surface area contributed by atoms with E-state index in [0.29, 0.717) is 18.4 Å². The molecule has 1 aliphatic carbocycles. The fourth-order valence-corrected chi connectivity index (χ4v) is 2.78. The molecule has 1 N–H and O–H groups in total. The lowest BCUT2D eigenvalue weighted by Gasteiger charge is -2.24. The number of halogens is 3. The minimum atomic E-state index is -4.24. The highest BCUT2D eigenvalue weighted by Gasteiger charge is 2.42. The van der Waals surface area contributed by atoms with Crippen LogP contribution in [0.4, 0.5) is 13.2 Å². The van der Waals surface area contributed by atoms with E-state index in [1.54, 1.807) is 0 Å². The molecule has 0 amide bonds. The van der Waals surface area contributed by atoms with Crippen LogP contribution in [-0.4, -0.2) is 17.3 Å². The van der Waals surface area contributed by atoms with Gasteiger partial charge in [-0.1, -0.05) is 37.1 Å². The third kappa shape index (κ3) is 2.91. The van der Waals surface area contributed by atoms with Crippen LogP contribution < -0.4 is 0 Å². The van der Waals surface area contributed by atoms with Gasteiger partial charge in [0.2, 0.25) is 0 Å². The largest absolute Gasteiger partial charge is 0.481 e. The van der Waals surface area contributed by atoms with Gasteiger partial charge in [0.1, 0.15) is 0 Å². The number of alkyl halides is 3. The van der Waals surface area contributed by atoms with Gasteiger partial charge in [0.25, 0.3) is 0 Å². The minimum Gasteiger partial charge on any atom is -0.481 e. The topological polar surface area (TPSA) is 37.3 Å². The zero-order valence-corrected chi connectivity index (χ0v) is 10.3. The molecule has 19 heavy (non-hydrogen) atoms. The van der Waals surface area contributed by atoms with Gasteiger partial charge >= 0.3 is 12.1 Å². The van der Waals surface area contributed by atoms with E-state index in [-0.39, 0.29) is 5.56 Å². The monoisotopic (exact) mass is 272 g/mol. The van der Waals surface area contributed by atoms with Crippen LogP contribution in [0.3, 0.4) is 0 Å². The van der Waals surface area contributed by atoms with Crippen LogP contribution in [0.25, 0.3) is 0 Å². The van der Waals surface area contributed by atoms with Crippen molar-refractivity contribution in [3.8, 4) is 0 Å². The van der Waals surface area contributed by atoms with Gasteiger partial charge in [-0.25, -0.2) is 0 Å². The first-order chi connectivity index (χ1) is 8.83. The van der Waals surface area contributed by atoms with Gasteiger partial charge < -0.3 is 5.11 Å². The highest BCUT2D eigenvalue weighted by molar-refractivity contribution is 5.81. The Labute approximate surface area is 109 Å². The van der Waals surface area contributed by atoms with E-state index < -0.39 is 24.0 Å². The maximum Gasteiger partial charge on any atom is 0.393 e. The van der Waals surface area contributed by atoms with E-state index in [0.717, 1.165) is 12.8 Å². The zero-order valence-electron chi connectivity index (χ0n) is 10.3. The van der Waals surface area contributed by atoms with E-state index in [1.807, 2.05) is 0 Å². The van der Waals surface area contributed by atoms with E-state index in [4.69, 9.17) is 0 Å². The summed E-state index contributed by atoms with van der Waals surface area (Å²) in [6.45, 7) is 0. The second kappa shape index (κ2) is 4.87. The standard InChI is InChI=1S/C14H15F3O2/c15-14(16,17)9-10-3-5-11(6-4-10)13(12(18)19)7-1-2-8-13/h3-6H,1-2,7-9H2,(H,18,19). The molecule has 0 heterocycles. The van der Waals surface area contributed by atoms with Crippen molar-refractivity contribution < 1.29 is 23.1 Å². The van der Waals surface area contributed by atoms with E-state index >= 15 is 0 Å². The first-order valence-electron chi connectivity index (χ1n) is 6.23. The summed E-state index contributed by atoms with van der Waals surface area (Å²) < 4.78 is 36.8. The van der Waals surface area contributed by atoms with Crippen LogP contribution in [0.15, 0.2) is 24.3 Å². The Morgan fingerprint density at radius 3 is 2.11 bits per heavy atom. The van der Waals surface area contributed by atoms with Crippen molar-refractivity contribution in [3.63, 3.8) is 0 Å². The fourth-order valence-electron chi connectivity index (χ4n) is 2.78. The molecule has 0 unspecified atom stereocenters. The van der Waals surface area contributed by atoms with Gasteiger partial charge in [-0.05, 0) is 24.0 Å². The first kappa shape index (κ1) is 13.9. The molecular weight excluding hydrogens is 257 g/mol. The highest BCUT2D eigenvalue weighted by atomic mass is 19.4. The van der Waals surface area contributed by atoms with Crippen LogP contribution in [0.2, 0.25) is 0 Å². The molecule has 1 aromatic rings. The lowest BCUT2D eigenvalue weighted by Crippen LogP contribution is -2.32. The van der Waals surface area contributed by atoms with Gasteiger partial charge in [-0.3, -0.25) is 4.79 Å². The summed E-state index contributed by atoms with van der Waals surface area (Å²) >= 11 is 0. The lowest BCUT2D eigenvalue weighted by atomic mass is 9.78. The average molecular weight is 272 g/mol. The molecule has 0 aliphatic heterocycles. The minimum absolute atomic E-state index is 0.162. The van der Waals surface area contributed by atoms with Crippen molar-refractivity contribution in [2.24, 2.45) is 0 Å². The summed E-state index contributed by atoms with van der Waals surface area (Å²) in [6, 6.07) is 5.82. The second-order valence-electron chi connectivity index (χ2n) is 5.08. The Balaban J connectivity index is 2.24. The van der Waals surface area contributed by atoms with Gasteiger partial charge in [-0.2, -0.15) is 13.2 Å². The number of carbonyl (C=O) groups is 1. The first-order valence-corrected chi connectivity index (χ1v) is 6.23. The van der Waals surface area contributed by atoms with Crippen molar-refractivity contribution in [2.75, 3.05) is 0 Å². The molecule has 2 rings (SSSR count). The Hall–Kier alpha value is -1.52. The molecule has 0 atom stereocenters. The maximum atomic E-state index is 12.3. The fraction of sp³-hybridized carbons (Fsp3) is 0.500. The van der Waals surface area contributed by atoms with Gasteiger partial charge in [-0.15, -0.1) is 0 Å². The molecule has 1 aliphatic rings. The quantitative estimate of drug-likeness (QED) is 0.911. The Bertz CT molecular complexity index is 457. The Morgan fingerprint density at radius 1 is 1.16 bits per heavy atom. The number of hydrogen-bond donors (Lipinski definition) is 1. The van der Waals surface area contributed by atoms with Crippen LogP contribution in [0, 0.1) is 0 Å². The number of carboxylic acid groups (broad SMARTS) is 1. The van der Waals surface area contributed by atoms with Crippen molar-refractivity contribution in [3.05, 3.63) is 35.4 Å². The SMILES string of the molecule is O=C(O)C1(c2ccc(CC(F)(F)F)cc2)CCCC1. The van der Waals surface area contributed by atoms with Crippen molar-refractivity contribution in [2.45, 2.75) is 43.7 Å². The summed E-state index contributed by atoms with van der Waals surface area (Å²) in [5.74, 6) is -0.881. The molecule has 0 saturated heterocycles. The third-order valence-corrected chi connectivity index (χ3v) is 3.78. The van der Waals surface area contributed by atoms with E-state index in [1.165, 1.54) is 24.3 Å². The summed E-state index contributed by atoms with van der Waals surface area (Å²) in [7, 11) is 0. The van der Waals surface area contributed by atoms with Gasteiger partial charge in [0, 0.05) is 0 Å². The predicted octanol–water partition coefficient (Wildman–Crippen LogP) is 3.69. The molecule has 0 radical (unpaired) electrons. The third-order valence-electron chi connectivity index (χ3n) is 3.78.